The Hall–Kier alpha value is -1.10. The van der Waals surface area contributed by atoms with E-state index in [1.807, 2.05) is 27.7 Å². The number of aryl methyl sites for hydroxylation is 1. The van der Waals surface area contributed by atoms with Crippen molar-refractivity contribution in [2.75, 3.05) is 26.7 Å². The number of aromatic nitrogens is 1. The summed E-state index contributed by atoms with van der Waals surface area (Å²) in [5.41, 5.74) is 0.640. The molecule has 0 saturated carbocycles. The number of guanidine groups is 1. The number of hydrogen-bond donors (Lipinski definition) is 2. The van der Waals surface area contributed by atoms with Gasteiger partial charge in [-0.05, 0) is 27.7 Å². The molecule has 1 aliphatic rings. The average Bonchev–Trinajstić information content (AvgIpc) is 2.83. The van der Waals surface area contributed by atoms with Crippen LogP contribution in [-0.4, -0.2) is 60.3 Å². The second-order valence-corrected chi connectivity index (χ2v) is 7.90. The zero-order valence-corrected chi connectivity index (χ0v) is 18.6. The van der Waals surface area contributed by atoms with Crippen LogP contribution < -0.4 is 10.6 Å². The lowest BCUT2D eigenvalue weighted by Crippen LogP contribution is -2.63. The minimum Gasteiger partial charge on any atom is -0.444 e. The van der Waals surface area contributed by atoms with Gasteiger partial charge in [0.05, 0.1) is 16.7 Å². The number of carbonyl (C=O) groups is 1. The van der Waals surface area contributed by atoms with Crippen LogP contribution in [0, 0.1) is 6.92 Å². The van der Waals surface area contributed by atoms with E-state index >= 15 is 0 Å². The molecular formula is C16H28IN5O2S. The first-order chi connectivity index (χ1) is 11.3. The Morgan fingerprint density at radius 3 is 2.68 bits per heavy atom. The van der Waals surface area contributed by atoms with Crippen molar-refractivity contribution in [2.45, 2.75) is 45.8 Å². The summed E-state index contributed by atoms with van der Waals surface area (Å²) < 4.78 is 5.34. The van der Waals surface area contributed by atoms with Crippen LogP contribution in [0.3, 0.4) is 0 Å². The van der Waals surface area contributed by atoms with Crippen molar-refractivity contribution in [3.8, 4) is 0 Å². The van der Waals surface area contributed by atoms with Crippen molar-refractivity contribution in [3.05, 3.63) is 16.1 Å². The van der Waals surface area contributed by atoms with Gasteiger partial charge in [-0.15, -0.1) is 35.3 Å². The van der Waals surface area contributed by atoms with Crippen LogP contribution in [0.1, 0.15) is 31.5 Å². The lowest BCUT2D eigenvalue weighted by molar-refractivity contribution is 0.00701. The van der Waals surface area contributed by atoms with E-state index in [1.165, 1.54) is 0 Å². The van der Waals surface area contributed by atoms with Gasteiger partial charge in [-0.2, -0.15) is 0 Å². The third-order valence-corrected chi connectivity index (χ3v) is 4.26. The number of nitrogens with one attached hydrogen (secondary N) is 2. The monoisotopic (exact) mass is 481 g/mol. The molecule has 2 N–H and O–H groups in total. The third-order valence-electron chi connectivity index (χ3n) is 3.44. The van der Waals surface area contributed by atoms with E-state index < -0.39 is 5.60 Å². The van der Waals surface area contributed by atoms with Crippen molar-refractivity contribution in [1.29, 1.82) is 0 Å². The van der Waals surface area contributed by atoms with Crippen LogP contribution >= 0.6 is 35.3 Å². The molecule has 25 heavy (non-hydrogen) atoms. The van der Waals surface area contributed by atoms with E-state index in [-0.39, 0.29) is 36.1 Å². The van der Waals surface area contributed by atoms with Crippen LogP contribution in [0.15, 0.2) is 10.4 Å². The van der Waals surface area contributed by atoms with Gasteiger partial charge in [0.25, 0.3) is 0 Å². The number of hydrogen-bond acceptors (Lipinski definition) is 5. The largest absolute Gasteiger partial charge is 0.444 e. The summed E-state index contributed by atoms with van der Waals surface area (Å²) in [5.74, 6) is 0.746. The SMILES string of the molecule is CN=C(NCCc1csc(C)n1)NC1CN(C(=O)OC(C)(C)C)C1.I. The molecule has 142 valence electrons. The van der Waals surface area contributed by atoms with Gasteiger partial charge in [0.2, 0.25) is 0 Å². The molecule has 0 spiro atoms. The minimum absolute atomic E-state index is 0. The van der Waals surface area contributed by atoms with Crippen LogP contribution in [0.4, 0.5) is 4.79 Å². The van der Waals surface area contributed by atoms with Crippen LogP contribution in [0.2, 0.25) is 0 Å². The number of amides is 1. The Labute approximate surface area is 170 Å². The summed E-state index contributed by atoms with van der Waals surface area (Å²) >= 11 is 1.66. The molecule has 0 aliphatic carbocycles. The van der Waals surface area contributed by atoms with Gasteiger partial charge < -0.3 is 20.3 Å². The molecule has 0 unspecified atom stereocenters. The molecule has 1 saturated heterocycles. The minimum atomic E-state index is -0.457. The molecule has 1 amide bonds. The number of halogens is 1. The van der Waals surface area contributed by atoms with E-state index in [9.17, 15) is 4.79 Å². The molecule has 0 bridgehead atoms. The molecule has 1 fully saturated rings. The molecule has 9 heteroatoms. The maximum atomic E-state index is 11.9. The summed E-state index contributed by atoms with van der Waals surface area (Å²) in [6.45, 7) is 9.64. The quantitative estimate of drug-likeness (QED) is 0.393. The fourth-order valence-corrected chi connectivity index (χ4v) is 2.91. The number of thiazole rings is 1. The number of nitrogens with zero attached hydrogens (tertiary/aromatic N) is 3. The molecule has 2 rings (SSSR count). The van der Waals surface area contributed by atoms with Crippen LogP contribution in [0.5, 0.6) is 0 Å². The maximum Gasteiger partial charge on any atom is 0.410 e. The van der Waals surface area contributed by atoms with Gasteiger partial charge in [0.1, 0.15) is 5.60 Å². The fourth-order valence-electron chi connectivity index (χ4n) is 2.27. The fraction of sp³-hybridized carbons (Fsp3) is 0.688. The first kappa shape index (κ1) is 21.9. The van der Waals surface area contributed by atoms with E-state index in [2.05, 4.69) is 26.0 Å². The van der Waals surface area contributed by atoms with Gasteiger partial charge in [-0.3, -0.25) is 4.99 Å². The molecular weight excluding hydrogens is 453 g/mol. The second kappa shape index (κ2) is 9.56. The van der Waals surface area contributed by atoms with Gasteiger partial charge >= 0.3 is 6.09 Å². The van der Waals surface area contributed by atoms with Crippen molar-refractivity contribution < 1.29 is 9.53 Å². The van der Waals surface area contributed by atoms with E-state index in [0.717, 1.165) is 29.6 Å². The van der Waals surface area contributed by atoms with Crippen LogP contribution in [0.25, 0.3) is 0 Å². The first-order valence-electron chi connectivity index (χ1n) is 8.13. The number of likely N-dealkylation sites (tertiary alicyclic amines) is 1. The predicted molar refractivity (Wildman–Crippen MR) is 112 cm³/mol. The molecule has 2 heterocycles. The van der Waals surface area contributed by atoms with Gasteiger partial charge in [-0.25, -0.2) is 9.78 Å². The topological polar surface area (TPSA) is 78.9 Å². The standard InChI is InChI=1S/C16H27N5O2S.HI/c1-11-19-12(10-24-11)6-7-18-14(17-5)20-13-8-21(9-13)15(22)23-16(2,3)4;/h10,13H,6-9H2,1-5H3,(H2,17,18,20);1H. The molecule has 7 nitrogen and oxygen atoms in total. The summed E-state index contributed by atoms with van der Waals surface area (Å²) in [6, 6.07) is 0.199. The molecule has 0 radical (unpaired) electrons. The van der Waals surface area contributed by atoms with Crippen molar-refractivity contribution in [2.24, 2.45) is 4.99 Å². The number of aliphatic imine (C=N–C) groups is 1. The molecule has 0 atom stereocenters. The van der Waals surface area contributed by atoms with Crippen LogP contribution in [-0.2, 0) is 11.2 Å². The highest BCUT2D eigenvalue weighted by atomic mass is 127. The number of ether oxygens (including phenoxy) is 1. The Kier molecular flexibility index (Phi) is 8.39. The Morgan fingerprint density at radius 1 is 1.48 bits per heavy atom. The summed E-state index contributed by atoms with van der Waals surface area (Å²) in [4.78, 5) is 22.2. The normalized spacial score (nSPS) is 15.2. The Bertz CT molecular complexity index is 594. The Balaban J connectivity index is 0.00000312. The predicted octanol–water partition coefficient (Wildman–Crippen LogP) is 2.40. The second-order valence-electron chi connectivity index (χ2n) is 6.83. The lowest BCUT2D eigenvalue weighted by atomic mass is 10.1. The highest BCUT2D eigenvalue weighted by Gasteiger charge is 2.34. The zero-order chi connectivity index (χ0) is 17.7. The highest BCUT2D eigenvalue weighted by Crippen LogP contribution is 2.15. The first-order valence-corrected chi connectivity index (χ1v) is 9.01. The smallest absolute Gasteiger partial charge is 0.410 e. The Morgan fingerprint density at radius 2 is 2.16 bits per heavy atom. The molecule has 0 aromatic carbocycles. The third kappa shape index (κ3) is 7.35. The van der Waals surface area contributed by atoms with Gasteiger partial charge in [0, 0.05) is 38.5 Å². The summed E-state index contributed by atoms with van der Waals surface area (Å²) in [5, 5.41) is 9.76. The summed E-state index contributed by atoms with van der Waals surface area (Å²) in [6.07, 6.45) is 0.599. The zero-order valence-electron chi connectivity index (χ0n) is 15.5. The van der Waals surface area contributed by atoms with Gasteiger partial charge in [-0.1, -0.05) is 0 Å². The maximum absolute atomic E-state index is 11.9. The summed E-state index contributed by atoms with van der Waals surface area (Å²) in [7, 11) is 1.74. The van der Waals surface area contributed by atoms with Gasteiger partial charge in [0.15, 0.2) is 5.96 Å². The van der Waals surface area contributed by atoms with Crippen molar-refractivity contribution in [1.82, 2.24) is 20.5 Å². The highest BCUT2D eigenvalue weighted by molar-refractivity contribution is 14.0. The van der Waals surface area contributed by atoms with E-state index in [1.54, 1.807) is 23.3 Å². The lowest BCUT2D eigenvalue weighted by Gasteiger charge is -2.40. The van der Waals surface area contributed by atoms with E-state index in [0.29, 0.717) is 13.1 Å². The molecule has 1 aliphatic heterocycles. The van der Waals surface area contributed by atoms with Crippen molar-refractivity contribution in [3.63, 3.8) is 0 Å². The molecule has 1 aromatic rings. The van der Waals surface area contributed by atoms with Crippen molar-refractivity contribution >= 4 is 47.4 Å². The number of rotatable bonds is 4. The molecule has 1 aromatic heterocycles. The average molecular weight is 481 g/mol. The number of carbonyl (C=O) groups excluding carboxylic acids is 1. The van der Waals surface area contributed by atoms with E-state index in [4.69, 9.17) is 4.74 Å².